The summed E-state index contributed by atoms with van der Waals surface area (Å²) in [5.74, 6) is 7.07. The maximum Gasteiger partial charge on any atom is 0.125 e. The van der Waals surface area contributed by atoms with Gasteiger partial charge in [0.25, 0.3) is 0 Å². The molecule has 8 fully saturated rings. The van der Waals surface area contributed by atoms with E-state index < -0.39 is 0 Å². The second-order valence-corrected chi connectivity index (χ2v) is 15.1. The molecule has 2 saturated heterocycles. The second-order valence-electron chi connectivity index (χ2n) is 15.1. The highest BCUT2D eigenvalue weighted by Crippen LogP contribution is 2.73. The summed E-state index contributed by atoms with van der Waals surface area (Å²) < 4.78 is 14.0. The Morgan fingerprint density at radius 3 is 1.73 bits per heavy atom. The van der Waals surface area contributed by atoms with Crippen LogP contribution in [0.2, 0.25) is 0 Å². The molecule has 4 nitrogen and oxygen atoms in total. The van der Waals surface area contributed by atoms with Crippen LogP contribution < -0.4 is 10.9 Å². The first-order valence-corrected chi connectivity index (χ1v) is 17.2. The van der Waals surface area contributed by atoms with E-state index in [1.807, 2.05) is 0 Å². The monoisotopic (exact) mass is 510 g/mol. The molecule has 1 spiro atoms. The van der Waals surface area contributed by atoms with E-state index in [0.29, 0.717) is 29.5 Å². The largest absolute Gasteiger partial charge is 0.374 e. The van der Waals surface area contributed by atoms with Crippen LogP contribution in [0.3, 0.4) is 0 Å². The van der Waals surface area contributed by atoms with Gasteiger partial charge in [0.05, 0.1) is 12.2 Å². The number of hydrogen-bond acceptors (Lipinski definition) is 4. The summed E-state index contributed by atoms with van der Waals surface area (Å²) in [7, 11) is 0. The first-order valence-electron chi connectivity index (χ1n) is 17.2. The van der Waals surface area contributed by atoms with Crippen LogP contribution in [0.15, 0.2) is 0 Å². The number of ether oxygens (including phenoxy) is 2. The lowest BCUT2D eigenvalue weighted by molar-refractivity contribution is -0.250. The van der Waals surface area contributed by atoms with E-state index >= 15 is 0 Å². The van der Waals surface area contributed by atoms with Crippen LogP contribution in [0.1, 0.15) is 128 Å². The standard InChI is InChI=1S/C33H54N2O2/c1-2-10-21(11-3-1)31-34-35-32(37-31)22-18-19-30-28(20-22)33(27-16-8-9-17-29(27)36-30)25-14-6-4-12-23(25)24-13-5-7-15-26(24)33/h21-32,34-35H,1-20H2. The van der Waals surface area contributed by atoms with Gasteiger partial charge in [-0.25, -0.2) is 10.9 Å². The van der Waals surface area contributed by atoms with Crippen molar-refractivity contribution in [3.63, 3.8) is 0 Å². The Labute approximate surface area is 226 Å². The summed E-state index contributed by atoms with van der Waals surface area (Å²) >= 11 is 0. The zero-order valence-electron chi connectivity index (χ0n) is 23.4. The molecule has 4 heteroatoms. The van der Waals surface area contributed by atoms with Gasteiger partial charge in [0.1, 0.15) is 12.5 Å². The summed E-state index contributed by atoms with van der Waals surface area (Å²) in [5, 5.41) is 0. The summed E-state index contributed by atoms with van der Waals surface area (Å²) in [4.78, 5) is 0. The summed E-state index contributed by atoms with van der Waals surface area (Å²) in [6.07, 6.45) is 30.2. The number of fused-ring (bicyclic) bond motifs is 9. The Morgan fingerprint density at radius 2 is 1.00 bits per heavy atom. The van der Waals surface area contributed by atoms with Crippen LogP contribution >= 0.6 is 0 Å². The number of rotatable bonds is 2. The van der Waals surface area contributed by atoms with Gasteiger partial charge in [0.15, 0.2) is 0 Å². The van der Waals surface area contributed by atoms with Crippen molar-refractivity contribution < 1.29 is 9.47 Å². The van der Waals surface area contributed by atoms with Crippen LogP contribution in [0, 0.1) is 52.8 Å². The van der Waals surface area contributed by atoms with Crippen molar-refractivity contribution in [2.45, 2.75) is 153 Å². The molecule has 0 radical (unpaired) electrons. The third-order valence-electron chi connectivity index (χ3n) is 13.8. The second kappa shape index (κ2) is 10.0. The van der Waals surface area contributed by atoms with Gasteiger partial charge in [-0.2, -0.15) is 0 Å². The highest BCUT2D eigenvalue weighted by molar-refractivity contribution is 5.17. The minimum Gasteiger partial charge on any atom is -0.374 e. The Balaban J connectivity index is 1.11. The highest BCUT2D eigenvalue weighted by Gasteiger charge is 2.70. The third kappa shape index (κ3) is 3.88. The number of hydrazine groups is 1. The van der Waals surface area contributed by atoms with Crippen LogP contribution in [-0.4, -0.2) is 24.7 Å². The van der Waals surface area contributed by atoms with E-state index in [-0.39, 0.29) is 12.5 Å². The van der Waals surface area contributed by atoms with Crippen LogP contribution in [0.4, 0.5) is 0 Å². The fraction of sp³-hybridized carbons (Fsp3) is 1.00. The SMILES string of the molecule is C1CCC(C2NNC(C3CCC4OC5CCCCC5C5(C4C3)C3CCCCC3C3CCCCC35)O2)CC1. The van der Waals surface area contributed by atoms with Crippen LogP contribution in [0.5, 0.6) is 0 Å². The van der Waals surface area contributed by atoms with Crippen molar-refractivity contribution in [2.75, 3.05) is 0 Å². The van der Waals surface area contributed by atoms with Crippen molar-refractivity contribution in [3.8, 4) is 0 Å². The van der Waals surface area contributed by atoms with Gasteiger partial charge in [-0.3, -0.25) is 0 Å². The molecule has 11 atom stereocenters. The Hall–Kier alpha value is -0.160. The van der Waals surface area contributed by atoms with Gasteiger partial charge in [-0.05, 0) is 117 Å². The third-order valence-corrected chi connectivity index (χ3v) is 13.8. The van der Waals surface area contributed by atoms with E-state index in [1.54, 1.807) is 12.8 Å². The summed E-state index contributed by atoms with van der Waals surface area (Å²) in [6, 6.07) is 0. The molecule has 208 valence electrons. The van der Waals surface area contributed by atoms with E-state index in [9.17, 15) is 0 Å². The zero-order chi connectivity index (χ0) is 24.4. The Morgan fingerprint density at radius 1 is 0.432 bits per heavy atom. The Bertz CT molecular complexity index is 790. The summed E-state index contributed by atoms with van der Waals surface area (Å²) in [5.41, 5.74) is 7.92. The first kappa shape index (κ1) is 24.6. The number of hydrogen-bond donors (Lipinski definition) is 2. The molecular weight excluding hydrogens is 456 g/mol. The fourth-order valence-corrected chi connectivity index (χ4v) is 12.7. The van der Waals surface area contributed by atoms with Gasteiger partial charge in [0, 0.05) is 5.92 Å². The maximum atomic E-state index is 7.19. The zero-order valence-corrected chi connectivity index (χ0v) is 23.4. The van der Waals surface area contributed by atoms with Gasteiger partial charge >= 0.3 is 0 Å². The predicted octanol–water partition coefficient (Wildman–Crippen LogP) is 7.33. The van der Waals surface area contributed by atoms with E-state index in [4.69, 9.17) is 9.47 Å². The lowest BCUT2D eigenvalue weighted by Crippen LogP contribution is -2.63. The predicted molar refractivity (Wildman–Crippen MR) is 146 cm³/mol. The van der Waals surface area contributed by atoms with Crippen LogP contribution in [-0.2, 0) is 9.47 Å². The molecule has 6 aliphatic carbocycles. The van der Waals surface area contributed by atoms with Crippen molar-refractivity contribution in [2.24, 2.45) is 52.8 Å². The molecule has 0 bridgehead atoms. The van der Waals surface area contributed by atoms with Crippen molar-refractivity contribution in [3.05, 3.63) is 0 Å². The van der Waals surface area contributed by atoms with Gasteiger partial charge in [-0.15, -0.1) is 0 Å². The highest BCUT2D eigenvalue weighted by atomic mass is 16.6. The molecule has 0 aromatic heterocycles. The van der Waals surface area contributed by atoms with Gasteiger partial charge in [0.2, 0.25) is 0 Å². The van der Waals surface area contributed by atoms with E-state index in [0.717, 1.165) is 35.5 Å². The molecule has 2 heterocycles. The average molecular weight is 511 g/mol. The molecule has 0 aromatic carbocycles. The smallest absolute Gasteiger partial charge is 0.125 e. The normalized spacial score (nSPS) is 54.3. The molecule has 6 saturated carbocycles. The molecule has 0 aromatic rings. The molecule has 8 aliphatic rings. The lowest BCUT2D eigenvalue weighted by Gasteiger charge is -2.64. The molecule has 2 aliphatic heterocycles. The summed E-state index contributed by atoms with van der Waals surface area (Å²) in [6.45, 7) is 0. The van der Waals surface area contributed by atoms with Crippen molar-refractivity contribution >= 4 is 0 Å². The topological polar surface area (TPSA) is 42.5 Å². The van der Waals surface area contributed by atoms with Gasteiger partial charge < -0.3 is 9.47 Å². The minimum atomic E-state index is 0.208. The Kier molecular flexibility index (Phi) is 6.68. The molecular formula is C33H54N2O2. The quantitative estimate of drug-likeness (QED) is 0.408. The van der Waals surface area contributed by atoms with E-state index in [2.05, 4.69) is 10.9 Å². The maximum absolute atomic E-state index is 7.19. The molecule has 0 amide bonds. The van der Waals surface area contributed by atoms with E-state index in [1.165, 1.54) is 116 Å². The first-order chi connectivity index (χ1) is 18.3. The van der Waals surface area contributed by atoms with Gasteiger partial charge in [-0.1, -0.05) is 57.8 Å². The number of nitrogens with one attached hydrogen (secondary N) is 2. The average Bonchev–Trinajstić information content (AvgIpc) is 3.57. The van der Waals surface area contributed by atoms with Crippen LogP contribution in [0.25, 0.3) is 0 Å². The van der Waals surface area contributed by atoms with Crippen molar-refractivity contribution in [1.82, 2.24) is 10.9 Å². The molecule has 8 rings (SSSR count). The molecule has 2 N–H and O–H groups in total. The van der Waals surface area contributed by atoms with Crippen molar-refractivity contribution in [1.29, 1.82) is 0 Å². The fourth-order valence-electron chi connectivity index (χ4n) is 12.7. The lowest BCUT2D eigenvalue weighted by atomic mass is 9.46. The minimum absolute atomic E-state index is 0.208. The molecule has 37 heavy (non-hydrogen) atoms. The molecule has 11 unspecified atom stereocenters.